The van der Waals surface area contributed by atoms with E-state index in [4.69, 9.17) is 5.73 Å². The molecule has 4 nitrogen and oxygen atoms in total. The van der Waals surface area contributed by atoms with E-state index in [0.29, 0.717) is 11.3 Å². The molecular formula is C15H22N2O2. The molecule has 104 valence electrons. The summed E-state index contributed by atoms with van der Waals surface area (Å²) in [4.78, 5) is 12.2. The van der Waals surface area contributed by atoms with E-state index in [1.54, 1.807) is 6.07 Å². The zero-order valence-corrected chi connectivity index (χ0v) is 11.4. The number of benzene rings is 1. The molecule has 1 saturated carbocycles. The molecule has 4 N–H and O–H groups in total. The van der Waals surface area contributed by atoms with Crippen molar-refractivity contribution >= 4 is 11.6 Å². The Balaban J connectivity index is 2.07. The van der Waals surface area contributed by atoms with Crippen molar-refractivity contribution in [3.8, 4) is 0 Å². The third kappa shape index (κ3) is 3.47. The standard InChI is InChI=1S/C15H22N2O2/c1-10-6-12(8-13(16)7-10)15(19)17-14-5-3-2-4-11(14)9-18/h6-8,11,14,18H,2-5,9,16H2,1H3,(H,17,19). The van der Waals surface area contributed by atoms with Gasteiger partial charge in [0.2, 0.25) is 0 Å². The van der Waals surface area contributed by atoms with Crippen molar-refractivity contribution in [1.29, 1.82) is 0 Å². The van der Waals surface area contributed by atoms with Crippen LogP contribution in [0.15, 0.2) is 18.2 Å². The third-order valence-electron chi connectivity index (χ3n) is 3.82. The molecule has 1 fully saturated rings. The molecule has 0 saturated heterocycles. The van der Waals surface area contributed by atoms with Gasteiger partial charge < -0.3 is 16.2 Å². The second kappa shape index (κ2) is 6.06. The Kier molecular flexibility index (Phi) is 4.43. The number of anilines is 1. The van der Waals surface area contributed by atoms with Crippen molar-refractivity contribution in [3.05, 3.63) is 29.3 Å². The number of aryl methyl sites for hydroxylation is 1. The van der Waals surface area contributed by atoms with Crippen molar-refractivity contribution in [2.45, 2.75) is 38.6 Å². The summed E-state index contributed by atoms with van der Waals surface area (Å²) in [6.07, 6.45) is 4.17. The summed E-state index contributed by atoms with van der Waals surface area (Å²) in [7, 11) is 0. The lowest BCUT2D eigenvalue weighted by molar-refractivity contribution is 0.0872. The number of carbonyl (C=O) groups excluding carboxylic acids is 1. The molecule has 0 radical (unpaired) electrons. The molecule has 2 atom stereocenters. The van der Waals surface area contributed by atoms with Crippen LogP contribution in [0.3, 0.4) is 0 Å². The number of carbonyl (C=O) groups is 1. The molecule has 1 aromatic carbocycles. The van der Waals surface area contributed by atoms with Crippen LogP contribution >= 0.6 is 0 Å². The summed E-state index contributed by atoms with van der Waals surface area (Å²) in [5.74, 6) is 0.0839. The minimum Gasteiger partial charge on any atom is -0.399 e. The monoisotopic (exact) mass is 262 g/mol. The van der Waals surface area contributed by atoms with Crippen LogP contribution in [0.5, 0.6) is 0 Å². The maximum absolute atomic E-state index is 12.2. The summed E-state index contributed by atoms with van der Waals surface area (Å²) in [5, 5.41) is 12.4. The lowest BCUT2D eigenvalue weighted by Crippen LogP contribution is -2.43. The van der Waals surface area contributed by atoms with Crippen LogP contribution in [0.4, 0.5) is 5.69 Å². The van der Waals surface area contributed by atoms with E-state index < -0.39 is 0 Å². The first-order valence-corrected chi connectivity index (χ1v) is 6.89. The molecule has 4 heteroatoms. The van der Waals surface area contributed by atoms with E-state index in [9.17, 15) is 9.90 Å². The maximum Gasteiger partial charge on any atom is 0.251 e. The Morgan fingerprint density at radius 3 is 2.79 bits per heavy atom. The predicted octanol–water partition coefficient (Wildman–Crippen LogP) is 1.86. The molecule has 0 spiro atoms. The first-order valence-electron chi connectivity index (χ1n) is 6.89. The van der Waals surface area contributed by atoms with Gasteiger partial charge in [0.05, 0.1) is 0 Å². The number of hydrogen-bond acceptors (Lipinski definition) is 3. The molecular weight excluding hydrogens is 240 g/mol. The van der Waals surface area contributed by atoms with Gasteiger partial charge in [-0.15, -0.1) is 0 Å². The van der Waals surface area contributed by atoms with Crippen molar-refractivity contribution in [2.75, 3.05) is 12.3 Å². The summed E-state index contributed by atoms with van der Waals surface area (Å²) in [6, 6.07) is 5.45. The van der Waals surface area contributed by atoms with E-state index in [1.807, 2.05) is 19.1 Å². The minimum absolute atomic E-state index is 0.0768. The van der Waals surface area contributed by atoms with Crippen molar-refractivity contribution in [3.63, 3.8) is 0 Å². The number of amides is 1. The fourth-order valence-corrected chi connectivity index (χ4v) is 2.81. The highest BCUT2D eigenvalue weighted by atomic mass is 16.3. The van der Waals surface area contributed by atoms with Crippen molar-refractivity contribution < 1.29 is 9.90 Å². The lowest BCUT2D eigenvalue weighted by atomic mass is 9.85. The van der Waals surface area contributed by atoms with Crippen molar-refractivity contribution in [1.82, 2.24) is 5.32 Å². The zero-order valence-electron chi connectivity index (χ0n) is 11.4. The summed E-state index contributed by atoms with van der Waals surface area (Å²) >= 11 is 0. The minimum atomic E-state index is -0.0965. The van der Waals surface area contributed by atoms with Crippen LogP contribution in [-0.4, -0.2) is 23.7 Å². The van der Waals surface area contributed by atoms with Crippen LogP contribution in [0.1, 0.15) is 41.6 Å². The second-order valence-corrected chi connectivity index (χ2v) is 5.44. The summed E-state index contributed by atoms with van der Waals surface area (Å²) < 4.78 is 0. The van der Waals surface area contributed by atoms with E-state index in [0.717, 1.165) is 31.2 Å². The molecule has 2 unspecified atom stereocenters. The van der Waals surface area contributed by atoms with Gasteiger partial charge in [0, 0.05) is 29.8 Å². The first-order chi connectivity index (χ1) is 9.10. The van der Waals surface area contributed by atoms with Gasteiger partial charge in [-0.3, -0.25) is 4.79 Å². The van der Waals surface area contributed by atoms with E-state index in [-0.39, 0.29) is 24.5 Å². The van der Waals surface area contributed by atoms with Gasteiger partial charge in [0.25, 0.3) is 5.91 Å². The molecule has 0 bridgehead atoms. The average molecular weight is 262 g/mol. The number of aliphatic hydroxyl groups is 1. The van der Waals surface area contributed by atoms with Gasteiger partial charge in [-0.1, -0.05) is 12.8 Å². The highest BCUT2D eigenvalue weighted by Gasteiger charge is 2.26. The van der Waals surface area contributed by atoms with Gasteiger partial charge in [-0.05, 0) is 43.5 Å². The van der Waals surface area contributed by atoms with Crippen LogP contribution < -0.4 is 11.1 Å². The van der Waals surface area contributed by atoms with Gasteiger partial charge >= 0.3 is 0 Å². The zero-order chi connectivity index (χ0) is 13.8. The average Bonchev–Trinajstić information content (AvgIpc) is 2.38. The molecule has 19 heavy (non-hydrogen) atoms. The highest BCUT2D eigenvalue weighted by Crippen LogP contribution is 2.24. The normalized spacial score (nSPS) is 23.1. The Morgan fingerprint density at radius 2 is 2.11 bits per heavy atom. The topological polar surface area (TPSA) is 75.4 Å². The molecule has 0 heterocycles. The largest absolute Gasteiger partial charge is 0.399 e. The number of nitrogen functional groups attached to an aromatic ring is 1. The Morgan fingerprint density at radius 1 is 1.37 bits per heavy atom. The molecule has 1 aliphatic rings. The highest BCUT2D eigenvalue weighted by molar-refractivity contribution is 5.95. The van der Waals surface area contributed by atoms with Gasteiger partial charge in [0.1, 0.15) is 0 Å². The Hall–Kier alpha value is -1.55. The van der Waals surface area contributed by atoms with Crippen molar-refractivity contribution in [2.24, 2.45) is 5.92 Å². The predicted molar refractivity (Wildman–Crippen MR) is 75.9 cm³/mol. The number of nitrogens with two attached hydrogens (primary N) is 1. The van der Waals surface area contributed by atoms with E-state index in [2.05, 4.69) is 5.32 Å². The third-order valence-corrected chi connectivity index (χ3v) is 3.82. The molecule has 1 amide bonds. The Labute approximate surface area is 114 Å². The van der Waals surface area contributed by atoms with E-state index in [1.165, 1.54) is 0 Å². The maximum atomic E-state index is 12.2. The van der Waals surface area contributed by atoms with Crippen LogP contribution in [-0.2, 0) is 0 Å². The fraction of sp³-hybridized carbons (Fsp3) is 0.533. The van der Waals surface area contributed by atoms with Gasteiger partial charge in [-0.2, -0.15) is 0 Å². The second-order valence-electron chi connectivity index (χ2n) is 5.44. The Bertz CT molecular complexity index is 439. The van der Waals surface area contributed by atoms with E-state index >= 15 is 0 Å². The number of hydrogen-bond donors (Lipinski definition) is 3. The summed E-state index contributed by atoms with van der Waals surface area (Å²) in [6.45, 7) is 2.06. The van der Waals surface area contributed by atoms with Gasteiger partial charge in [0.15, 0.2) is 0 Å². The molecule has 2 rings (SSSR count). The molecule has 1 aliphatic carbocycles. The summed E-state index contributed by atoms with van der Waals surface area (Å²) in [5.41, 5.74) is 7.94. The fourth-order valence-electron chi connectivity index (χ4n) is 2.81. The molecule has 0 aliphatic heterocycles. The van der Waals surface area contributed by atoms with Crippen LogP contribution in [0, 0.1) is 12.8 Å². The SMILES string of the molecule is Cc1cc(N)cc(C(=O)NC2CCCCC2CO)c1. The number of nitrogens with one attached hydrogen (secondary N) is 1. The van der Waals surface area contributed by atoms with Gasteiger partial charge in [-0.25, -0.2) is 0 Å². The number of rotatable bonds is 3. The van der Waals surface area contributed by atoms with Crippen LogP contribution in [0.2, 0.25) is 0 Å². The first kappa shape index (κ1) is 13.9. The molecule has 1 aromatic rings. The smallest absolute Gasteiger partial charge is 0.251 e. The van der Waals surface area contributed by atoms with Crippen LogP contribution in [0.25, 0.3) is 0 Å². The lowest BCUT2D eigenvalue weighted by Gasteiger charge is -2.30. The molecule has 0 aromatic heterocycles. The quantitative estimate of drug-likeness (QED) is 0.728. The number of aliphatic hydroxyl groups excluding tert-OH is 1.